The number of rotatable bonds is 1. The van der Waals surface area contributed by atoms with Gasteiger partial charge in [-0.2, -0.15) is 0 Å². The molecular weight excluding hydrogens is 91.0 g/mol. The molecule has 0 aromatic rings. The zero-order chi connectivity index (χ0) is 4.99. The van der Waals surface area contributed by atoms with Crippen molar-refractivity contribution < 1.29 is 0 Å². The van der Waals surface area contributed by atoms with Crippen molar-refractivity contribution in [1.29, 1.82) is 0 Å². The molecule has 0 amide bonds. The van der Waals surface area contributed by atoms with Crippen LogP contribution in [0.4, 0.5) is 0 Å². The highest BCUT2D eigenvalue weighted by Crippen LogP contribution is 2.01. The molecule has 6 heavy (non-hydrogen) atoms. The zero-order valence-electron chi connectivity index (χ0n) is 4.31. The van der Waals surface area contributed by atoms with E-state index in [0.717, 1.165) is 0 Å². The first kappa shape index (κ1) is 6.17. The Balaban J connectivity index is 3.03. The number of hydrogen-bond acceptors (Lipinski definition) is 0. The summed E-state index contributed by atoms with van der Waals surface area (Å²) < 4.78 is 0. The molecule has 0 aliphatic heterocycles. The molecule has 0 nitrogen and oxygen atoms in total. The molecular formula is C5H10P. The lowest BCUT2D eigenvalue weighted by Crippen LogP contribution is -1.75. The van der Waals surface area contributed by atoms with Crippen LogP contribution in [0.2, 0.25) is 0 Å². The maximum atomic E-state index is 3.78. The molecule has 0 saturated carbocycles. The highest BCUT2D eigenvalue weighted by Gasteiger charge is 1.77. The van der Waals surface area contributed by atoms with E-state index in [4.69, 9.17) is 0 Å². The Kier molecular flexibility index (Phi) is 3.46. The van der Waals surface area contributed by atoms with Gasteiger partial charge in [-0.1, -0.05) is 12.7 Å². The van der Waals surface area contributed by atoms with Crippen molar-refractivity contribution >= 4 is 14.0 Å². The fourth-order valence-electron chi connectivity index (χ4n) is 0.254. The molecule has 0 rings (SSSR count). The van der Waals surface area contributed by atoms with E-state index in [1.54, 1.807) is 0 Å². The predicted octanol–water partition coefficient (Wildman–Crippen LogP) is 1.98. The van der Waals surface area contributed by atoms with Gasteiger partial charge >= 0.3 is 0 Å². The van der Waals surface area contributed by atoms with Gasteiger partial charge in [-0.25, -0.2) is 0 Å². The molecule has 0 N–H and O–H groups in total. The lowest BCUT2D eigenvalue weighted by atomic mass is 10.6. The van der Waals surface area contributed by atoms with E-state index < -0.39 is 0 Å². The summed E-state index contributed by atoms with van der Waals surface area (Å²) in [5, 5.41) is 0. The fraction of sp³-hybridized carbons (Fsp3) is 0.600. The van der Waals surface area contributed by atoms with E-state index in [1.165, 1.54) is 8.20 Å². The van der Waals surface area contributed by atoms with Gasteiger partial charge in [0.2, 0.25) is 0 Å². The highest BCUT2D eigenvalue weighted by atomic mass is 31.1. The summed E-state index contributed by atoms with van der Waals surface area (Å²) in [5.41, 5.74) is 0.565. The molecule has 1 atom stereocenters. The molecule has 0 spiro atoms. The van der Waals surface area contributed by atoms with E-state index >= 15 is 0 Å². The molecule has 35 valence electrons. The molecule has 0 heterocycles. The van der Waals surface area contributed by atoms with Crippen molar-refractivity contribution in [3.63, 3.8) is 0 Å². The molecule has 1 heteroatoms. The molecule has 0 aromatic carbocycles. The summed E-state index contributed by atoms with van der Waals surface area (Å²) >= 11 is 0. The van der Waals surface area contributed by atoms with Crippen LogP contribution in [0.1, 0.15) is 13.8 Å². The van der Waals surface area contributed by atoms with Gasteiger partial charge in [-0.05, 0) is 19.5 Å². The lowest BCUT2D eigenvalue weighted by molar-refractivity contribution is 1.25. The molecule has 0 saturated heterocycles. The molecule has 1 radical (unpaired) electrons. The fourth-order valence-corrected chi connectivity index (χ4v) is 0.763. The maximum Gasteiger partial charge on any atom is -0.00224 e. The minimum Gasteiger partial charge on any atom is -0.106 e. The van der Waals surface area contributed by atoms with E-state index in [-0.39, 0.29) is 0 Å². The van der Waals surface area contributed by atoms with E-state index in [9.17, 15) is 0 Å². The maximum absolute atomic E-state index is 3.78. The van der Waals surface area contributed by atoms with Crippen molar-refractivity contribution in [2.24, 2.45) is 0 Å². The summed E-state index contributed by atoms with van der Waals surface area (Å²) in [6.45, 7) is 7.93. The average molecular weight is 101 g/mol. The van der Waals surface area contributed by atoms with Gasteiger partial charge in [0.1, 0.15) is 0 Å². The third-order valence-electron chi connectivity index (χ3n) is 0.404. The topological polar surface area (TPSA) is 0 Å². The van der Waals surface area contributed by atoms with Gasteiger partial charge in [-0.3, -0.25) is 0 Å². The van der Waals surface area contributed by atoms with Crippen LogP contribution in [0, 0.1) is 6.92 Å². The second-order valence-corrected chi connectivity index (χ2v) is 2.95. The predicted molar refractivity (Wildman–Crippen MR) is 33.5 cm³/mol. The van der Waals surface area contributed by atoms with Gasteiger partial charge in [0.15, 0.2) is 0 Å². The first-order valence-corrected chi connectivity index (χ1v) is 3.11. The van der Waals surface area contributed by atoms with Crippen molar-refractivity contribution in [1.82, 2.24) is 0 Å². The molecule has 1 unspecified atom stereocenters. The first-order valence-electron chi connectivity index (χ1n) is 2.08. The van der Waals surface area contributed by atoms with Crippen LogP contribution in [0.15, 0.2) is 0 Å². The monoisotopic (exact) mass is 101 g/mol. The summed E-state index contributed by atoms with van der Waals surface area (Å²) in [7, 11) is 1.34. The highest BCUT2D eigenvalue weighted by molar-refractivity contribution is 7.39. The number of hydrogen-bond donors (Lipinski definition) is 0. The summed E-state index contributed by atoms with van der Waals surface area (Å²) in [6, 6.07) is 0. The molecule has 0 fully saturated rings. The SMILES string of the molecule is [CH2]C(C)P=CC. The van der Waals surface area contributed by atoms with Crippen LogP contribution in [0.3, 0.4) is 0 Å². The van der Waals surface area contributed by atoms with Crippen LogP contribution in [-0.2, 0) is 0 Å². The Morgan fingerprint density at radius 1 is 1.83 bits per heavy atom. The second-order valence-electron chi connectivity index (χ2n) is 1.26. The molecule has 0 aliphatic rings. The Morgan fingerprint density at radius 3 is 2.33 bits per heavy atom. The summed E-state index contributed by atoms with van der Waals surface area (Å²) in [4.78, 5) is 0. The quantitative estimate of drug-likeness (QED) is 0.443. The Bertz CT molecular complexity index is 45.9. The Labute approximate surface area is 41.4 Å². The van der Waals surface area contributed by atoms with Gasteiger partial charge in [0.05, 0.1) is 0 Å². The van der Waals surface area contributed by atoms with Gasteiger partial charge < -0.3 is 0 Å². The van der Waals surface area contributed by atoms with Gasteiger partial charge in [0.25, 0.3) is 0 Å². The third-order valence-corrected chi connectivity index (χ3v) is 1.21. The average Bonchev–Trinajstić information content (AvgIpc) is 1.35. The van der Waals surface area contributed by atoms with Crippen molar-refractivity contribution in [2.45, 2.75) is 19.5 Å². The van der Waals surface area contributed by atoms with Crippen molar-refractivity contribution in [3.05, 3.63) is 6.92 Å². The lowest BCUT2D eigenvalue weighted by Gasteiger charge is -1.85. The Morgan fingerprint density at radius 2 is 2.33 bits per heavy atom. The smallest absolute Gasteiger partial charge is 0.00224 e. The standard InChI is InChI=1S/C5H10P/c1-4-6-5(2)3/h4-5H,2H2,1,3H3. The van der Waals surface area contributed by atoms with E-state index in [1.807, 2.05) is 6.92 Å². The van der Waals surface area contributed by atoms with Crippen LogP contribution in [0.25, 0.3) is 0 Å². The summed E-state index contributed by atoms with van der Waals surface area (Å²) in [5.74, 6) is 2.11. The van der Waals surface area contributed by atoms with Crippen molar-refractivity contribution in [2.75, 3.05) is 0 Å². The molecule has 0 bridgehead atoms. The second kappa shape index (κ2) is 3.36. The van der Waals surface area contributed by atoms with Crippen LogP contribution >= 0.6 is 8.20 Å². The first-order chi connectivity index (χ1) is 2.77. The van der Waals surface area contributed by atoms with E-state index in [2.05, 4.69) is 19.6 Å². The van der Waals surface area contributed by atoms with E-state index in [0.29, 0.717) is 5.66 Å². The third kappa shape index (κ3) is 4.17. The van der Waals surface area contributed by atoms with Gasteiger partial charge in [0, 0.05) is 0 Å². The van der Waals surface area contributed by atoms with Crippen LogP contribution in [-0.4, -0.2) is 11.5 Å². The van der Waals surface area contributed by atoms with Gasteiger partial charge in [-0.15, -0.1) is 8.20 Å². The summed E-state index contributed by atoms with van der Waals surface area (Å²) in [6.07, 6.45) is 0. The van der Waals surface area contributed by atoms with Crippen molar-refractivity contribution in [3.8, 4) is 0 Å². The largest absolute Gasteiger partial charge is 0.106 e. The Hall–Kier alpha value is 0.170. The normalized spacial score (nSPS) is 11.3. The molecule has 0 aromatic heterocycles. The van der Waals surface area contributed by atoms with Crippen LogP contribution < -0.4 is 0 Å². The van der Waals surface area contributed by atoms with Crippen LogP contribution in [0.5, 0.6) is 0 Å². The minimum atomic E-state index is 0.565. The minimum absolute atomic E-state index is 0.565. The molecule has 0 aliphatic carbocycles. The zero-order valence-corrected chi connectivity index (χ0v) is 5.20.